The summed E-state index contributed by atoms with van der Waals surface area (Å²) in [5.74, 6) is 5.53. The molecule has 0 heterocycles. The Balaban J connectivity index is 2.44. The number of benzene rings is 1. The molecule has 2 rings (SSSR count). The lowest BCUT2D eigenvalue weighted by molar-refractivity contribution is 0.249. The molecule has 1 fully saturated rings. The SMILES string of the molecule is COc1ccc(C#CCO)cc1S(=O)(=O)N(C)C1CCC1. The molecule has 0 radical (unpaired) electrons. The van der Waals surface area contributed by atoms with Gasteiger partial charge in [0.05, 0.1) is 7.11 Å². The van der Waals surface area contributed by atoms with Crippen molar-refractivity contribution in [2.75, 3.05) is 20.8 Å². The van der Waals surface area contributed by atoms with E-state index in [1.807, 2.05) is 0 Å². The minimum atomic E-state index is -3.61. The number of hydrogen-bond donors (Lipinski definition) is 1. The average molecular weight is 309 g/mol. The van der Waals surface area contributed by atoms with Crippen LogP contribution >= 0.6 is 0 Å². The van der Waals surface area contributed by atoms with Gasteiger partial charge in [0.15, 0.2) is 0 Å². The molecule has 6 heteroatoms. The highest BCUT2D eigenvalue weighted by Crippen LogP contribution is 2.32. The topological polar surface area (TPSA) is 66.8 Å². The molecule has 0 bridgehead atoms. The number of sulfonamides is 1. The van der Waals surface area contributed by atoms with Gasteiger partial charge in [-0.15, -0.1) is 0 Å². The summed E-state index contributed by atoms with van der Waals surface area (Å²) < 4.78 is 32.0. The van der Waals surface area contributed by atoms with E-state index in [2.05, 4.69) is 11.8 Å². The van der Waals surface area contributed by atoms with E-state index < -0.39 is 10.0 Å². The van der Waals surface area contributed by atoms with Crippen LogP contribution in [0.25, 0.3) is 0 Å². The first-order valence-corrected chi connectivity index (χ1v) is 8.20. The zero-order valence-electron chi connectivity index (χ0n) is 12.2. The molecular formula is C15H19NO4S. The predicted octanol–water partition coefficient (Wildman–Crippen LogP) is 1.21. The second kappa shape index (κ2) is 6.48. The Morgan fingerprint density at radius 3 is 2.67 bits per heavy atom. The van der Waals surface area contributed by atoms with Gasteiger partial charge in [0.1, 0.15) is 17.3 Å². The lowest BCUT2D eigenvalue weighted by Gasteiger charge is -2.34. The normalized spacial score (nSPS) is 15.2. The molecule has 21 heavy (non-hydrogen) atoms. The van der Waals surface area contributed by atoms with Gasteiger partial charge in [0.25, 0.3) is 0 Å². The molecule has 5 nitrogen and oxygen atoms in total. The molecule has 1 aliphatic rings. The molecule has 0 unspecified atom stereocenters. The Labute approximate surface area is 125 Å². The molecule has 1 saturated carbocycles. The first-order chi connectivity index (χ1) is 10.0. The van der Waals surface area contributed by atoms with Crippen LogP contribution in [0.2, 0.25) is 0 Å². The van der Waals surface area contributed by atoms with Crippen molar-refractivity contribution in [1.82, 2.24) is 4.31 Å². The Kier molecular flexibility index (Phi) is 4.88. The first kappa shape index (κ1) is 15.8. The van der Waals surface area contributed by atoms with Crippen LogP contribution in [-0.4, -0.2) is 44.6 Å². The fourth-order valence-corrected chi connectivity index (χ4v) is 3.79. The van der Waals surface area contributed by atoms with Gasteiger partial charge in [-0.1, -0.05) is 18.3 Å². The predicted molar refractivity (Wildman–Crippen MR) is 79.5 cm³/mol. The molecular weight excluding hydrogens is 290 g/mol. The number of aliphatic hydroxyl groups is 1. The van der Waals surface area contributed by atoms with Crippen LogP contribution in [0.3, 0.4) is 0 Å². The number of rotatable bonds is 4. The van der Waals surface area contributed by atoms with Gasteiger partial charge in [-0.2, -0.15) is 4.31 Å². The maximum atomic E-state index is 12.7. The van der Waals surface area contributed by atoms with Crippen molar-refractivity contribution in [1.29, 1.82) is 0 Å². The molecule has 0 aliphatic heterocycles. The van der Waals surface area contributed by atoms with Gasteiger partial charge in [-0.05, 0) is 31.0 Å². The van der Waals surface area contributed by atoms with Crippen molar-refractivity contribution in [3.8, 4) is 17.6 Å². The van der Waals surface area contributed by atoms with Crippen molar-refractivity contribution >= 4 is 10.0 Å². The Hall–Kier alpha value is -1.55. The van der Waals surface area contributed by atoms with Gasteiger partial charge in [-0.3, -0.25) is 0 Å². The van der Waals surface area contributed by atoms with Crippen molar-refractivity contribution in [3.63, 3.8) is 0 Å². The summed E-state index contributed by atoms with van der Waals surface area (Å²) >= 11 is 0. The number of hydrogen-bond acceptors (Lipinski definition) is 4. The molecule has 1 aliphatic carbocycles. The maximum absolute atomic E-state index is 12.7. The van der Waals surface area contributed by atoms with Crippen molar-refractivity contribution in [2.45, 2.75) is 30.2 Å². The third kappa shape index (κ3) is 3.21. The quantitative estimate of drug-likeness (QED) is 0.849. The number of nitrogens with zero attached hydrogens (tertiary/aromatic N) is 1. The molecule has 0 spiro atoms. The summed E-state index contributed by atoms with van der Waals surface area (Å²) in [5, 5.41) is 8.73. The number of aliphatic hydroxyl groups excluding tert-OH is 1. The van der Waals surface area contributed by atoms with Crippen molar-refractivity contribution in [3.05, 3.63) is 23.8 Å². The van der Waals surface area contributed by atoms with Gasteiger partial charge in [-0.25, -0.2) is 8.42 Å². The second-order valence-corrected chi connectivity index (χ2v) is 6.90. The molecule has 114 valence electrons. The van der Waals surface area contributed by atoms with Crippen molar-refractivity contribution < 1.29 is 18.3 Å². The number of methoxy groups -OCH3 is 1. The minimum absolute atomic E-state index is 0.0619. The summed E-state index contributed by atoms with van der Waals surface area (Å²) in [6.45, 7) is -0.268. The summed E-state index contributed by atoms with van der Waals surface area (Å²) in [6.07, 6.45) is 2.84. The highest BCUT2D eigenvalue weighted by Gasteiger charge is 2.33. The average Bonchev–Trinajstić information content (AvgIpc) is 2.42. The zero-order valence-corrected chi connectivity index (χ0v) is 13.0. The van der Waals surface area contributed by atoms with Gasteiger partial charge in [0.2, 0.25) is 10.0 Å². The Bertz CT molecular complexity index is 669. The van der Waals surface area contributed by atoms with Crippen LogP contribution < -0.4 is 4.74 Å². The molecule has 1 N–H and O–H groups in total. The fraction of sp³-hybridized carbons (Fsp3) is 0.467. The van der Waals surface area contributed by atoms with Crippen LogP contribution in [0.1, 0.15) is 24.8 Å². The summed E-state index contributed by atoms with van der Waals surface area (Å²) in [5.41, 5.74) is 0.533. The van der Waals surface area contributed by atoms with E-state index >= 15 is 0 Å². The zero-order chi connectivity index (χ0) is 15.5. The van der Waals surface area contributed by atoms with E-state index in [-0.39, 0.29) is 17.5 Å². The van der Waals surface area contributed by atoms with Crippen LogP contribution in [0.15, 0.2) is 23.1 Å². The molecule has 0 atom stereocenters. The van der Waals surface area contributed by atoms with E-state index in [0.717, 1.165) is 19.3 Å². The monoisotopic (exact) mass is 309 g/mol. The van der Waals surface area contributed by atoms with Gasteiger partial charge >= 0.3 is 0 Å². The Morgan fingerprint density at radius 2 is 2.14 bits per heavy atom. The van der Waals surface area contributed by atoms with E-state index in [9.17, 15) is 8.42 Å². The van der Waals surface area contributed by atoms with Crippen LogP contribution in [0.5, 0.6) is 5.75 Å². The van der Waals surface area contributed by atoms with E-state index in [1.165, 1.54) is 17.5 Å². The maximum Gasteiger partial charge on any atom is 0.246 e. The standard InChI is InChI=1S/C15H19NO4S/c1-16(13-6-3-7-13)21(18,19)15-11-12(5-4-10-17)8-9-14(15)20-2/h8-9,11,13,17H,3,6-7,10H2,1-2H3. The Morgan fingerprint density at radius 1 is 1.43 bits per heavy atom. The van der Waals surface area contributed by atoms with E-state index in [4.69, 9.17) is 9.84 Å². The van der Waals surface area contributed by atoms with Crippen LogP contribution in [0.4, 0.5) is 0 Å². The first-order valence-electron chi connectivity index (χ1n) is 6.76. The fourth-order valence-electron chi connectivity index (χ4n) is 2.20. The third-order valence-electron chi connectivity index (χ3n) is 3.72. The van der Waals surface area contributed by atoms with Gasteiger partial charge < -0.3 is 9.84 Å². The summed E-state index contributed by atoms with van der Waals surface area (Å²) in [7, 11) is -0.568. The smallest absolute Gasteiger partial charge is 0.246 e. The van der Waals surface area contributed by atoms with E-state index in [0.29, 0.717) is 11.3 Å². The van der Waals surface area contributed by atoms with Gasteiger partial charge in [0, 0.05) is 18.7 Å². The van der Waals surface area contributed by atoms with Crippen LogP contribution in [-0.2, 0) is 10.0 Å². The molecule has 0 aromatic heterocycles. The largest absolute Gasteiger partial charge is 0.495 e. The lowest BCUT2D eigenvalue weighted by Crippen LogP contribution is -2.41. The van der Waals surface area contributed by atoms with Crippen molar-refractivity contribution in [2.24, 2.45) is 0 Å². The van der Waals surface area contributed by atoms with Crippen LogP contribution in [0, 0.1) is 11.8 Å². The molecule has 0 amide bonds. The highest BCUT2D eigenvalue weighted by molar-refractivity contribution is 7.89. The highest BCUT2D eigenvalue weighted by atomic mass is 32.2. The molecule has 1 aromatic carbocycles. The molecule has 0 saturated heterocycles. The summed E-state index contributed by atoms with van der Waals surface area (Å²) in [6, 6.07) is 4.81. The number of ether oxygens (including phenoxy) is 1. The summed E-state index contributed by atoms with van der Waals surface area (Å²) in [4.78, 5) is 0.115. The third-order valence-corrected chi connectivity index (χ3v) is 5.65. The lowest BCUT2D eigenvalue weighted by atomic mass is 9.94. The second-order valence-electron chi connectivity index (χ2n) is 4.93. The molecule has 1 aromatic rings. The minimum Gasteiger partial charge on any atom is -0.495 e. The van der Waals surface area contributed by atoms with E-state index in [1.54, 1.807) is 19.2 Å².